The lowest BCUT2D eigenvalue weighted by molar-refractivity contribution is 0.199. The summed E-state index contributed by atoms with van der Waals surface area (Å²) in [6.07, 6.45) is 2.19. The summed E-state index contributed by atoms with van der Waals surface area (Å²) in [4.78, 5) is 0. The first-order valence-corrected chi connectivity index (χ1v) is 7.13. The van der Waals surface area contributed by atoms with E-state index in [2.05, 4.69) is 47.3 Å². The molecule has 1 unspecified atom stereocenters. The molecule has 0 bridgehead atoms. The highest BCUT2D eigenvalue weighted by Gasteiger charge is 2.09. The minimum atomic E-state index is 0.216. The topological polar surface area (TPSA) is 46.4 Å². The van der Waals surface area contributed by atoms with Gasteiger partial charge in [0.05, 0.1) is 6.61 Å². The maximum atomic E-state index is 9.24. The molecule has 0 radical (unpaired) electrons. The van der Waals surface area contributed by atoms with E-state index in [1.807, 2.05) is 0 Å². The number of methoxy groups -OCH3 is 1. The van der Waals surface area contributed by atoms with Crippen molar-refractivity contribution in [1.82, 2.24) is 9.88 Å². The SMILES string of the molecule is COCCNCc1cn(CC(C)CO)c2ccccc12. The third-order valence-corrected chi connectivity index (χ3v) is 3.49. The summed E-state index contributed by atoms with van der Waals surface area (Å²) < 4.78 is 7.28. The number of nitrogens with zero attached hydrogens (tertiary/aromatic N) is 1. The van der Waals surface area contributed by atoms with Gasteiger partial charge in [0.25, 0.3) is 0 Å². The van der Waals surface area contributed by atoms with Crippen molar-refractivity contribution in [2.24, 2.45) is 5.92 Å². The number of fused-ring (bicyclic) bond motifs is 1. The van der Waals surface area contributed by atoms with E-state index in [0.29, 0.717) is 0 Å². The molecule has 2 N–H and O–H groups in total. The van der Waals surface area contributed by atoms with Crippen LogP contribution in [-0.4, -0.2) is 36.5 Å². The fraction of sp³-hybridized carbons (Fsp3) is 0.500. The minimum absolute atomic E-state index is 0.216. The first-order valence-electron chi connectivity index (χ1n) is 7.13. The Morgan fingerprint density at radius 2 is 2.15 bits per heavy atom. The van der Waals surface area contributed by atoms with Gasteiger partial charge in [-0.05, 0) is 17.5 Å². The van der Waals surface area contributed by atoms with E-state index in [0.717, 1.165) is 26.2 Å². The van der Waals surface area contributed by atoms with Gasteiger partial charge in [-0.3, -0.25) is 0 Å². The summed E-state index contributed by atoms with van der Waals surface area (Å²) in [6, 6.07) is 8.42. The van der Waals surface area contributed by atoms with E-state index in [1.165, 1.54) is 16.5 Å². The first-order chi connectivity index (χ1) is 9.76. The fourth-order valence-electron chi connectivity index (χ4n) is 2.41. The molecule has 20 heavy (non-hydrogen) atoms. The van der Waals surface area contributed by atoms with E-state index in [1.54, 1.807) is 7.11 Å². The van der Waals surface area contributed by atoms with Crippen LogP contribution >= 0.6 is 0 Å². The number of rotatable bonds is 8. The van der Waals surface area contributed by atoms with Gasteiger partial charge in [0.15, 0.2) is 0 Å². The maximum absolute atomic E-state index is 9.24. The highest BCUT2D eigenvalue weighted by atomic mass is 16.5. The Bertz CT molecular complexity index is 536. The van der Waals surface area contributed by atoms with Gasteiger partial charge < -0.3 is 19.7 Å². The number of hydrogen-bond acceptors (Lipinski definition) is 3. The van der Waals surface area contributed by atoms with Crippen molar-refractivity contribution < 1.29 is 9.84 Å². The van der Waals surface area contributed by atoms with Crippen LogP contribution in [-0.2, 0) is 17.8 Å². The number of benzene rings is 1. The number of aliphatic hydroxyl groups is 1. The van der Waals surface area contributed by atoms with E-state index in [9.17, 15) is 5.11 Å². The number of aromatic nitrogens is 1. The van der Waals surface area contributed by atoms with E-state index < -0.39 is 0 Å². The Kier molecular flexibility index (Phi) is 5.59. The summed E-state index contributed by atoms with van der Waals surface area (Å²) in [6.45, 7) is 5.53. The molecule has 4 nitrogen and oxygen atoms in total. The number of ether oxygens (including phenoxy) is 1. The predicted molar refractivity (Wildman–Crippen MR) is 81.8 cm³/mol. The molecule has 1 aromatic heterocycles. The molecule has 4 heteroatoms. The van der Waals surface area contributed by atoms with Crippen LogP contribution < -0.4 is 5.32 Å². The molecule has 110 valence electrons. The quantitative estimate of drug-likeness (QED) is 0.725. The van der Waals surface area contributed by atoms with Crippen LogP contribution in [0.4, 0.5) is 0 Å². The van der Waals surface area contributed by atoms with Gasteiger partial charge in [-0.1, -0.05) is 25.1 Å². The standard InChI is InChI=1S/C16H24N2O2/c1-13(12-19)10-18-11-14(9-17-7-8-20-2)15-5-3-4-6-16(15)18/h3-6,11,13,17,19H,7-10,12H2,1-2H3. The normalized spacial score (nSPS) is 12.9. The van der Waals surface area contributed by atoms with Crippen molar-refractivity contribution >= 4 is 10.9 Å². The molecule has 0 aliphatic rings. The zero-order valence-corrected chi connectivity index (χ0v) is 12.3. The fourth-order valence-corrected chi connectivity index (χ4v) is 2.41. The molecular weight excluding hydrogens is 252 g/mol. The molecule has 0 fully saturated rings. The molecule has 1 aromatic carbocycles. The predicted octanol–water partition coefficient (Wildman–Crippen LogP) is 2.01. The van der Waals surface area contributed by atoms with E-state index >= 15 is 0 Å². The smallest absolute Gasteiger partial charge is 0.0587 e. The maximum Gasteiger partial charge on any atom is 0.0587 e. The van der Waals surface area contributed by atoms with Crippen LogP contribution in [0.5, 0.6) is 0 Å². The zero-order chi connectivity index (χ0) is 14.4. The Morgan fingerprint density at radius 1 is 1.35 bits per heavy atom. The number of nitrogens with one attached hydrogen (secondary N) is 1. The Morgan fingerprint density at radius 3 is 2.90 bits per heavy atom. The molecule has 0 spiro atoms. The van der Waals surface area contributed by atoms with Crippen molar-refractivity contribution in [2.75, 3.05) is 26.9 Å². The van der Waals surface area contributed by atoms with Gasteiger partial charge in [0.2, 0.25) is 0 Å². The Hall–Kier alpha value is -1.36. The first kappa shape index (κ1) is 15.0. The summed E-state index contributed by atoms with van der Waals surface area (Å²) in [5.41, 5.74) is 2.53. The van der Waals surface area contributed by atoms with Gasteiger partial charge >= 0.3 is 0 Å². The summed E-state index contributed by atoms with van der Waals surface area (Å²) in [5, 5.41) is 13.9. The molecule has 1 heterocycles. The number of para-hydroxylation sites is 1. The third-order valence-electron chi connectivity index (χ3n) is 3.49. The van der Waals surface area contributed by atoms with E-state index in [4.69, 9.17) is 4.74 Å². The summed E-state index contributed by atoms with van der Waals surface area (Å²) in [5.74, 6) is 0.264. The average molecular weight is 276 g/mol. The van der Waals surface area contributed by atoms with Crippen molar-refractivity contribution in [1.29, 1.82) is 0 Å². The molecular formula is C16H24N2O2. The lowest BCUT2D eigenvalue weighted by atomic mass is 10.2. The molecule has 0 saturated heterocycles. The molecule has 2 aromatic rings. The van der Waals surface area contributed by atoms with Crippen LogP contribution in [0.15, 0.2) is 30.5 Å². The lowest BCUT2D eigenvalue weighted by Crippen LogP contribution is -2.18. The van der Waals surface area contributed by atoms with Crippen molar-refractivity contribution in [3.63, 3.8) is 0 Å². The number of hydrogen-bond donors (Lipinski definition) is 2. The average Bonchev–Trinajstić information content (AvgIpc) is 2.82. The third kappa shape index (κ3) is 3.60. The zero-order valence-electron chi connectivity index (χ0n) is 12.3. The van der Waals surface area contributed by atoms with Crippen LogP contribution in [0.1, 0.15) is 12.5 Å². The van der Waals surface area contributed by atoms with Crippen molar-refractivity contribution in [3.8, 4) is 0 Å². The van der Waals surface area contributed by atoms with Crippen molar-refractivity contribution in [3.05, 3.63) is 36.0 Å². The van der Waals surface area contributed by atoms with Crippen molar-refractivity contribution in [2.45, 2.75) is 20.0 Å². The molecule has 0 aliphatic heterocycles. The molecule has 0 saturated carbocycles. The van der Waals surface area contributed by atoms with Gasteiger partial charge in [0, 0.05) is 50.5 Å². The second kappa shape index (κ2) is 7.43. The second-order valence-corrected chi connectivity index (χ2v) is 5.28. The molecule has 0 aliphatic carbocycles. The molecule has 1 atom stereocenters. The van der Waals surface area contributed by atoms with Crippen LogP contribution in [0, 0.1) is 5.92 Å². The van der Waals surface area contributed by atoms with Gasteiger partial charge in [0.1, 0.15) is 0 Å². The highest BCUT2D eigenvalue weighted by Crippen LogP contribution is 2.22. The number of aliphatic hydroxyl groups excluding tert-OH is 1. The van der Waals surface area contributed by atoms with Gasteiger partial charge in [-0.25, -0.2) is 0 Å². The van der Waals surface area contributed by atoms with Crippen LogP contribution in [0.2, 0.25) is 0 Å². The second-order valence-electron chi connectivity index (χ2n) is 5.28. The monoisotopic (exact) mass is 276 g/mol. The van der Waals surface area contributed by atoms with Gasteiger partial charge in [-0.2, -0.15) is 0 Å². The van der Waals surface area contributed by atoms with Crippen LogP contribution in [0.3, 0.4) is 0 Å². The summed E-state index contributed by atoms with van der Waals surface area (Å²) >= 11 is 0. The Balaban J connectivity index is 2.17. The molecule has 0 amide bonds. The molecule has 2 rings (SSSR count). The largest absolute Gasteiger partial charge is 0.396 e. The summed E-state index contributed by atoms with van der Waals surface area (Å²) in [7, 11) is 1.71. The lowest BCUT2D eigenvalue weighted by Gasteiger charge is -2.10. The van der Waals surface area contributed by atoms with Crippen LogP contribution in [0.25, 0.3) is 10.9 Å². The van der Waals surface area contributed by atoms with E-state index in [-0.39, 0.29) is 12.5 Å². The Labute approximate surface area is 120 Å². The van der Waals surface area contributed by atoms with Gasteiger partial charge in [-0.15, -0.1) is 0 Å². The highest BCUT2D eigenvalue weighted by molar-refractivity contribution is 5.83. The minimum Gasteiger partial charge on any atom is -0.396 e.